The number of carbonyl (C=O) groups excluding carboxylic acids is 2. The molecule has 0 radical (unpaired) electrons. The molecule has 0 aliphatic carbocycles. The molecular formula is C25H19N3O3. The summed E-state index contributed by atoms with van der Waals surface area (Å²) in [6.45, 7) is 1.93. The highest BCUT2D eigenvalue weighted by atomic mass is 16.3. The van der Waals surface area contributed by atoms with E-state index in [9.17, 15) is 14.7 Å². The number of aromatic nitrogens is 2. The SMILES string of the molecule is Cc1cccc(N2C(=O)C(=O)/C(=C(/O)c3ccncc3)C2c2c[nH]c3ccccc23)c1. The van der Waals surface area contributed by atoms with Crippen LogP contribution >= 0.6 is 0 Å². The van der Waals surface area contributed by atoms with Gasteiger partial charge < -0.3 is 10.1 Å². The third-order valence-electron chi connectivity index (χ3n) is 5.59. The minimum Gasteiger partial charge on any atom is -0.507 e. The van der Waals surface area contributed by atoms with Crippen molar-refractivity contribution in [3.05, 3.63) is 102 Å². The highest BCUT2D eigenvalue weighted by Gasteiger charge is 2.47. The van der Waals surface area contributed by atoms with Crippen LogP contribution in [0.3, 0.4) is 0 Å². The number of amides is 1. The van der Waals surface area contributed by atoms with Crippen LogP contribution in [0, 0.1) is 6.92 Å². The van der Waals surface area contributed by atoms with Crippen molar-refractivity contribution in [2.24, 2.45) is 0 Å². The Balaban J connectivity index is 1.80. The number of rotatable bonds is 3. The molecule has 0 spiro atoms. The van der Waals surface area contributed by atoms with Gasteiger partial charge in [-0.2, -0.15) is 0 Å². The molecule has 2 N–H and O–H groups in total. The standard InChI is InChI=1S/C25H19N3O3/c1-15-5-4-6-17(13-15)28-22(19-14-27-20-8-3-2-7-18(19)20)21(24(30)25(28)31)23(29)16-9-11-26-12-10-16/h2-14,22,27,29H,1H3/b23-21+. The van der Waals surface area contributed by atoms with Crippen LogP contribution in [0.25, 0.3) is 16.7 Å². The topological polar surface area (TPSA) is 86.3 Å². The Kier molecular flexibility index (Phi) is 4.40. The number of nitrogens with one attached hydrogen (secondary N) is 1. The number of aliphatic hydroxyl groups is 1. The monoisotopic (exact) mass is 409 g/mol. The third kappa shape index (κ3) is 3.00. The third-order valence-corrected chi connectivity index (χ3v) is 5.59. The molecule has 6 nitrogen and oxygen atoms in total. The molecule has 2 aromatic carbocycles. The van der Waals surface area contributed by atoms with Crippen molar-refractivity contribution in [2.75, 3.05) is 4.90 Å². The van der Waals surface area contributed by atoms with Gasteiger partial charge in [0.25, 0.3) is 11.7 Å². The number of para-hydroxylation sites is 1. The summed E-state index contributed by atoms with van der Waals surface area (Å²) in [5, 5.41) is 12.0. The normalized spacial score (nSPS) is 18.1. The molecule has 1 fully saturated rings. The predicted molar refractivity (Wildman–Crippen MR) is 118 cm³/mol. The molecule has 31 heavy (non-hydrogen) atoms. The van der Waals surface area contributed by atoms with Gasteiger partial charge in [0.05, 0.1) is 11.6 Å². The molecule has 1 amide bonds. The quantitative estimate of drug-likeness (QED) is 0.296. The van der Waals surface area contributed by atoms with Gasteiger partial charge in [0, 0.05) is 46.3 Å². The van der Waals surface area contributed by atoms with Gasteiger partial charge in [0.15, 0.2) is 0 Å². The number of aryl methyl sites for hydroxylation is 1. The molecule has 152 valence electrons. The molecule has 6 heteroatoms. The highest BCUT2D eigenvalue weighted by Crippen LogP contribution is 2.44. The number of pyridine rings is 1. The molecule has 1 saturated heterocycles. The smallest absolute Gasteiger partial charge is 0.300 e. The van der Waals surface area contributed by atoms with Crippen LogP contribution in [0.1, 0.15) is 22.7 Å². The Bertz CT molecular complexity index is 1350. The van der Waals surface area contributed by atoms with E-state index in [-0.39, 0.29) is 11.3 Å². The highest BCUT2D eigenvalue weighted by molar-refractivity contribution is 6.51. The van der Waals surface area contributed by atoms with Crippen molar-refractivity contribution in [1.82, 2.24) is 9.97 Å². The van der Waals surface area contributed by atoms with E-state index in [4.69, 9.17) is 0 Å². The van der Waals surface area contributed by atoms with E-state index in [0.29, 0.717) is 11.3 Å². The Hall–Kier alpha value is -4.19. The molecule has 1 aliphatic rings. The Morgan fingerprint density at radius 2 is 1.81 bits per heavy atom. The lowest BCUT2D eigenvalue weighted by molar-refractivity contribution is -0.132. The van der Waals surface area contributed by atoms with Gasteiger partial charge in [-0.25, -0.2) is 0 Å². The fraction of sp³-hybridized carbons (Fsp3) is 0.0800. The number of carbonyl (C=O) groups is 2. The minimum absolute atomic E-state index is 0.0578. The Morgan fingerprint density at radius 3 is 2.58 bits per heavy atom. The number of hydrogen-bond donors (Lipinski definition) is 2. The number of H-pyrrole nitrogens is 1. The molecule has 3 heterocycles. The number of anilines is 1. The summed E-state index contributed by atoms with van der Waals surface area (Å²) in [4.78, 5) is 35.1. The molecule has 0 saturated carbocycles. The number of Topliss-reactive ketones (excluding diaryl/α,β-unsaturated/α-hetero) is 1. The molecule has 2 aromatic heterocycles. The maximum atomic E-state index is 13.2. The second kappa shape index (κ2) is 7.25. The van der Waals surface area contributed by atoms with Crippen molar-refractivity contribution in [1.29, 1.82) is 0 Å². The van der Waals surface area contributed by atoms with Crippen molar-refractivity contribution in [3.63, 3.8) is 0 Å². The first-order valence-corrected chi connectivity index (χ1v) is 9.90. The van der Waals surface area contributed by atoms with Gasteiger partial charge in [0.1, 0.15) is 5.76 Å². The van der Waals surface area contributed by atoms with E-state index in [1.165, 1.54) is 17.3 Å². The molecule has 5 rings (SSSR count). The first-order chi connectivity index (χ1) is 15.1. The van der Waals surface area contributed by atoms with E-state index in [1.807, 2.05) is 49.4 Å². The molecular weight excluding hydrogens is 390 g/mol. The van der Waals surface area contributed by atoms with Crippen molar-refractivity contribution in [2.45, 2.75) is 13.0 Å². The van der Waals surface area contributed by atoms with Crippen LogP contribution in [-0.4, -0.2) is 26.8 Å². The fourth-order valence-electron chi connectivity index (χ4n) is 4.16. The van der Waals surface area contributed by atoms with Gasteiger partial charge in [-0.1, -0.05) is 30.3 Å². The average molecular weight is 409 g/mol. The van der Waals surface area contributed by atoms with Crippen LogP contribution in [0.5, 0.6) is 0 Å². The van der Waals surface area contributed by atoms with Crippen LogP contribution in [0.4, 0.5) is 5.69 Å². The summed E-state index contributed by atoms with van der Waals surface area (Å²) in [6, 6.07) is 17.6. The molecule has 0 bridgehead atoms. The summed E-state index contributed by atoms with van der Waals surface area (Å²) in [5.41, 5.74) is 3.69. The first-order valence-electron chi connectivity index (χ1n) is 9.90. The first kappa shape index (κ1) is 18.8. The van der Waals surface area contributed by atoms with Gasteiger partial charge in [-0.05, 0) is 42.8 Å². The molecule has 1 aliphatic heterocycles. The molecule has 4 aromatic rings. The minimum atomic E-state index is -0.772. The number of aromatic amines is 1. The van der Waals surface area contributed by atoms with Crippen molar-refractivity contribution >= 4 is 34.0 Å². The molecule has 1 atom stereocenters. The Labute approximate surface area is 178 Å². The lowest BCUT2D eigenvalue weighted by Crippen LogP contribution is -2.29. The fourth-order valence-corrected chi connectivity index (χ4v) is 4.16. The van der Waals surface area contributed by atoms with E-state index in [0.717, 1.165) is 22.0 Å². The number of hydrogen-bond acceptors (Lipinski definition) is 4. The lowest BCUT2D eigenvalue weighted by Gasteiger charge is -2.25. The summed E-state index contributed by atoms with van der Waals surface area (Å²) in [6.07, 6.45) is 4.86. The van der Waals surface area contributed by atoms with E-state index in [2.05, 4.69) is 9.97 Å². The summed E-state index contributed by atoms with van der Waals surface area (Å²) < 4.78 is 0. The number of benzene rings is 2. The van der Waals surface area contributed by atoms with Crippen LogP contribution in [-0.2, 0) is 9.59 Å². The second-order valence-electron chi connectivity index (χ2n) is 7.53. The van der Waals surface area contributed by atoms with Gasteiger partial charge in [0.2, 0.25) is 0 Å². The lowest BCUT2D eigenvalue weighted by atomic mass is 9.95. The van der Waals surface area contributed by atoms with Crippen LogP contribution < -0.4 is 4.90 Å². The second-order valence-corrected chi connectivity index (χ2v) is 7.53. The van der Waals surface area contributed by atoms with Crippen molar-refractivity contribution < 1.29 is 14.7 Å². The zero-order valence-electron chi connectivity index (χ0n) is 16.7. The number of ketones is 1. The number of fused-ring (bicyclic) bond motifs is 1. The van der Waals surface area contributed by atoms with E-state index < -0.39 is 17.7 Å². The van der Waals surface area contributed by atoms with E-state index >= 15 is 0 Å². The van der Waals surface area contributed by atoms with Crippen LogP contribution in [0.2, 0.25) is 0 Å². The Morgan fingerprint density at radius 1 is 1.03 bits per heavy atom. The predicted octanol–water partition coefficient (Wildman–Crippen LogP) is 4.50. The van der Waals surface area contributed by atoms with Crippen molar-refractivity contribution in [3.8, 4) is 0 Å². The summed E-state index contributed by atoms with van der Waals surface area (Å²) in [5.74, 6) is -1.60. The summed E-state index contributed by atoms with van der Waals surface area (Å²) >= 11 is 0. The number of aliphatic hydroxyl groups excluding tert-OH is 1. The van der Waals surface area contributed by atoms with E-state index in [1.54, 1.807) is 24.4 Å². The molecule has 1 unspecified atom stereocenters. The zero-order valence-corrected chi connectivity index (χ0v) is 16.7. The zero-order chi connectivity index (χ0) is 21.5. The average Bonchev–Trinajstić information content (AvgIpc) is 3.33. The largest absolute Gasteiger partial charge is 0.507 e. The maximum absolute atomic E-state index is 13.2. The van der Waals surface area contributed by atoms with Gasteiger partial charge in [-0.15, -0.1) is 0 Å². The summed E-state index contributed by atoms with van der Waals surface area (Å²) in [7, 11) is 0. The van der Waals surface area contributed by atoms with Crippen LogP contribution in [0.15, 0.2) is 84.8 Å². The van der Waals surface area contributed by atoms with Gasteiger partial charge in [-0.3, -0.25) is 19.5 Å². The van der Waals surface area contributed by atoms with Gasteiger partial charge >= 0.3 is 0 Å². The number of nitrogens with zero attached hydrogens (tertiary/aromatic N) is 2. The maximum Gasteiger partial charge on any atom is 0.300 e.